The largest absolute Gasteiger partial charge is 0.396 e. The summed E-state index contributed by atoms with van der Waals surface area (Å²) >= 11 is 0. The van der Waals surface area contributed by atoms with Crippen molar-refractivity contribution in [2.75, 3.05) is 18.1 Å². The number of rotatable bonds is 5. The van der Waals surface area contributed by atoms with Gasteiger partial charge in [-0.3, -0.25) is 4.55 Å². The first kappa shape index (κ1) is 20.5. The maximum absolute atomic E-state index is 11.8. The molecule has 0 aliphatic rings. The van der Waals surface area contributed by atoms with Crippen LogP contribution >= 0.6 is 0 Å². The number of nitrogen functional groups attached to an aromatic ring is 1. The van der Waals surface area contributed by atoms with E-state index in [0.29, 0.717) is 16.5 Å². The van der Waals surface area contributed by atoms with Crippen LogP contribution in [0.25, 0.3) is 21.9 Å². The molecule has 4 rings (SSSR count). The third kappa shape index (κ3) is 4.25. The van der Waals surface area contributed by atoms with Gasteiger partial charge in [-0.25, -0.2) is 0 Å². The van der Waals surface area contributed by atoms with Gasteiger partial charge in [0.15, 0.2) is 0 Å². The summed E-state index contributed by atoms with van der Waals surface area (Å²) in [5.41, 5.74) is 10.3. The first-order valence-corrected chi connectivity index (χ1v) is 10.9. The standard InChI is InChI=1S/C23H20N4O3S/c1-25-17-10-6-15(7-11-17)16-8-12-18(13-9-16)26-27-21-14-22(31(28,29)30)19-4-2-3-5-20(19)23(21)24/h2-14,25H,24H2,1H3,(H,28,29,30). The number of nitrogens with one attached hydrogen (secondary N) is 1. The Morgan fingerprint density at radius 2 is 1.42 bits per heavy atom. The van der Waals surface area contributed by atoms with E-state index in [2.05, 4.69) is 15.5 Å². The van der Waals surface area contributed by atoms with Crippen LogP contribution in [-0.4, -0.2) is 20.0 Å². The molecule has 0 atom stereocenters. The van der Waals surface area contributed by atoms with E-state index in [-0.39, 0.29) is 16.3 Å². The topological polar surface area (TPSA) is 117 Å². The molecule has 0 aliphatic carbocycles. The van der Waals surface area contributed by atoms with Crippen molar-refractivity contribution in [3.05, 3.63) is 78.9 Å². The monoisotopic (exact) mass is 432 g/mol. The Kier molecular flexibility index (Phi) is 5.41. The second-order valence-corrected chi connectivity index (χ2v) is 8.29. The Morgan fingerprint density at radius 3 is 2.00 bits per heavy atom. The van der Waals surface area contributed by atoms with Crippen LogP contribution in [0, 0.1) is 0 Å². The van der Waals surface area contributed by atoms with Gasteiger partial charge in [0.1, 0.15) is 10.6 Å². The molecule has 0 heterocycles. The van der Waals surface area contributed by atoms with Crippen molar-refractivity contribution in [2.45, 2.75) is 4.90 Å². The molecule has 8 heteroatoms. The highest BCUT2D eigenvalue weighted by Crippen LogP contribution is 2.36. The molecule has 0 aliphatic heterocycles. The highest BCUT2D eigenvalue weighted by Gasteiger charge is 2.18. The van der Waals surface area contributed by atoms with Crippen molar-refractivity contribution in [1.82, 2.24) is 0 Å². The molecule has 0 saturated carbocycles. The molecule has 4 aromatic carbocycles. The molecule has 31 heavy (non-hydrogen) atoms. The van der Waals surface area contributed by atoms with Gasteiger partial charge in [0.05, 0.1) is 11.4 Å². The number of hydrogen-bond acceptors (Lipinski definition) is 6. The van der Waals surface area contributed by atoms with Gasteiger partial charge >= 0.3 is 0 Å². The SMILES string of the molecule is CNc1ccc(-c2ccc(N=Nc3cc(S(=O)(=O)O)c4ccccc4c3N)cc2)cc1. The maximum Gasteiger partial charge on any atom is 0.295 e. The quantitative estimate of drug-likeness (QED) is 0.209. The van der Waals surface area contributed by atoms with E-state index in [4.69, 9.17) is 5.73 Å². The van der Waals surface area contributed by atoms with Gasteiger partial charge in [0.25, 0.3) is 10.1 Å². The molecule has 156 valence electrons. The predicted octanol–water partition coefficient (Wildman–Crippen LogP) is 5.79. The van der Waals surface area contributed by atoms with Gasteiger partial charge in [0.2, 0.25) is 0 Å². The van der Waals surface area contributed by atoms with E-state index in [1.54, 1.807) is 24.3 Å². The normalized spacial score (nSPS) is 11.8. The van der Waals surface area contributed by atoms with Gasteiger partial charge in [-0.05, 0) is 41.5 Å². The van der Waals surface area contributed by atoms with E-state index >= 15 is 0 Å². The number of benzene rings is 4. The van der Waals surface area contributed by atoms with Crippen molar-refractivity contribution < 1.29 is 13.0 Å². The highest BCUT2D eigenvalue weighted by atomic mass is 32.2. The zero-order valence-electron chi connectivity index (χ0n) is 16.6. The van der Waals surface area contributed by atoms with Gasteiger partial charge in [0, 0.05) is 23.5 Å². The number of nitrogens with two attached hydrogens (primary N) is 1. The van der Waals surface area contributed by atoms with E-state index in [0.717, 1.165) is 16.8 Å². The number of azo groups is 1. The number of anilines is 2. The molecule has 0 radical (unpaired) electrons. The molecule has 0 bridgehead atoms. The summed E-state index contributed by atoms with van der Waals surface area (Å²) in [6.07, 6.45) is 0. The number of nitrogens with zero attached hydrogens (tertiary/aromatic N) is 2. The van der Waals surface area contributed by atoms with E-state index in [9.17, 15) is 13.0 Å². The predicted molar refractivity (Wildman–Crippen MR) is 124 cm³/mol. The molecular formula is C23H20N4O3S. The summed E-state index contributed by atoms with van der Waals surface area (Å²) < 4.78 is 33.3. The Morgan fingerprint density at radius 1 is 0.839 bits per heavy atom. The minimum Gasteiger partial charge on any atom is -0.396 e. The zero-order valence-corrected chi connectivity index (χ0v) is 17.5. The number of hydrogen-bond donors (Lipinski definition) is 3. The third-order valence-corrected chi connectivity index (χ3v) is 5.85. The van der Waals surface area contributed by atoms with Gasteiger partial charge in [-0.15, -0.1) is 5.11 Å². The summed E-state index contributed by atoms with van der Waals surface area (Å²) in [6, 6.07) is 23.4. The average Bonchev–Trinajstić information content (AvgIpc) is 2.78. The van der Waals surface area contributed by atoms with Crippen molar-refractivity contribution in [1.29, 1.82) is 0 Å². The van der Waals surface area contributed by atoms with Crippen LogP contribution in [0.4, 0.5) is 22.7 Å². The van der Waals surface area contributed by atoms with Crippen molar-refractivity contribution >= 4 is 43.6 Å². The van der Waals surface area contributed by atoms with Crippen LogP contribution in [0.15, 0.2) is 94.0 Å². The molecular weight excluding hydrogens is 412 g/mol. The molecule has 0 spiro atoms. The van der Waals surface area contributed by atoms with Crippen molar-refractivity contribution in [3.8, 4) is 11.1 Å². The molecule has 0 unspecified atom stereocenters. The molecule has 0 amide bonds. The van der Waals surface area contributed by atoms with E-state index in [1.165, 1.54) is 6.07 Å². The fourth-order valence-electron chi connectivity index (χ4n) is 3.31. The van der Waals surface area contributed by atoms with Gasteiger partial charge < -0.3 is 11.1 Å². The van der Waals surface area contributed by atoms with Crippen LogP contribution in [0.3, 0.4) is 0 Å². The summed E-state index contributed by atoms with van der Waals surface area (Å²) in [4.78, 5) is -0.258. The van der Waals surface area contributed by atoms with Gasteiger partial charge in [-0.1, -0.05) is 48.5 Å². The summed E-state index contributed by atoms with van der Waals surface area (Å²) in [6.45, 7) is 0. The fraction of sp³-hybridized carbons (Fsp3) is 0.0435. The molecule has 0 saturated heterocycles. The minimum atomic E-state index is -4.45. The Hall–Kier alpha value is -3.75. The van der Waals surface area contributed by atoms with Crippen LogP contribution in [-0.2, 0) is 10.1 Å². The van der Waals surface area contributed by atoms with E-state index in [1.807, 2.05) is 55.6 Å². The van der Waals surface area contributed by atoms with Crippen LogP contribution in [0.5, 0.6) is 0 Å². The summed E-state index contributed by atoms with van der Waals surface area (Å²) in [5, 5.41) is 12.2. The molecule has 7 nitrogen and oxygen atoms in total. The van der Waals surface area contributed by atoms with Crippen molar-refractivity contribution in [2.24, 2.45) is 10.2 Å². The highest BCUT2D eigenvalue weighted by molar-refractivity contribution is 7.86. The number of fused-ring (bicyclic) bond motifs is 1. The second kappa shape index (κ2) is 8.17. The molecule has 0 aromatic heterocycles. The summed E-state index contributed by atoms with van der Waals surface area (Å²) in [5.74, 6) is 0. The Bertz CT molecular complexity index is 1380. The Labute approximate surface area is 180 Å². The van der Waals surface area contributed by atoms with Crippen LogP contribution in [0.1, 0.15) is 0 Å². The van der Waals surface area contributed by atoms with Crippen molar-refractivity contribution in [3.63, 3.8) is 0 Å². The lowest BCUT2D eigenvalue weighted by Crippen LogP contribution is -2.01. The smallest absolute Gasteiger partial charge is 0.295 e. The molecule has 4 N–H and O–H groups in total. The molecule has 4 aromatic rings. The second-order valence-electron chi connectivity index (χ2n) is 6.90. The van der Waals surface area contributed by atoms with Gasteiger partial charge in [-0.2, -0.15) is 13.5 Å². The first-order chi connectivity index (χ1) is 14.9. The maximum atomic E-state index is 11.8. The van der Waals surface area contributed by atoms with E-state index < -0.39 is 10.1 Å². The lowest BCUT2D eigenvalue weighted by atomic mass is 10.1. The fourth-order valence-corrected chi connectivity index (χ4v) is 4.02. The summed E-state index contributed by atoms with van der Waals surface area (Å²) in [7, 11) is -2.58. The zero-order chi connectivity index (χ0) is 22.0. The minimum absolute atomic E-state index is 0.165. The first-order valence-electron chi connectivity index (χ1n) is 9.45. The third-order valence-electron chi connectivity index (χ3n) is 4.95. The lowest BCUT2D eigenvalue weighted by molar-refractivity contribution is 0.484. The molecule has 0 fully saturated rings. The lowest BCUT2D eigenvalue weighted by Gasteiger charge is -2.09. The average molecular weight is 433 g/mol. The van der Waals surface area contributed by atoms with Crippen LogP contribution < -0.4 is 11.1 Å². The van der Waals surface area contributed by atoms with Crippen LogP contribution in [0.2, 0.25) is 0 Å². The Balaban J connectivity index is 1.67.